The lowest BCUT2D eigenvalue weighted by molar-refractivity contribution is -0.140. The second-order valence-electron chi connectivity index (χ2n) is 4.77. The molecular weight excluding hydrogens is 258 g/mol. The second-order valence-corrected chi connectivity index (χ2v) is 4.77. The number of esters is 1. The summed E-state index contributed by atoms with van der Waals surface area (Å²) in [5, 5.41) is 12.4. The number of cyclic esters (lactones) is 1. The largest absolute Gasteiger partial charge is 0.456 e. The van der Waals surface area contributed by atoms with Gasteiger partial charge in [0.25, 0.3) is 0 Å². The van der Waals surface area contributed by atoms with Crippen molar-refractivity contribution in [2.24, 2.45) is 0 Å². The first-order chi connectivity index (χ1) is 9.58. The molecule has 1 aromatic rings. The summed E-state index contributed by atoms with van der Waals surface area (Å²) in [5.74, 6) is -0.271. The number of anilines is 1. The highest BCUT2D eigenvalue weighted by Crippen LogP contribution is 2.21. The second kappa shape index (κ2) is 6.34. The molecule has 1 fully saturated rings. The maximum Gasteiger partial charge on any atom is 0.308 e. The molecule has 2 rings (SSSR count). The smallest absolute Gasteiger partial charge is 0.308 e. The van der Waals surface area contributed by atoms with Gasteiger partial charge in [0.15, 0.2) is 0 Å². The Labute approximate surface area is 117 Å². The van der Waals surface area contributed by atoms with E-state index >= 15 is 0 Å². The zero-order chi connectivity index (χ0) is 14.5. The Kier molecular flexibility index (Phi) is 4.53. The Bertz CT molecular complexity index is 507. The number of hydrogen-bond donors (Lipinski definition) is 2. The minimum Gasteiger partial charge on any atom is -0.456 e. The standard InChI is InChI=1S/C15H17NO4/c1-10(18)2-7-14-13(8-15(19)20-14)16-12-5-3-11(9-17)4-6-12/h2-7,9-10,13-14,16,18H,8H2,1H3/t10-,13+,14-/m0/s1. The molecule has 20 heavy (non-hydrogen) atoms. The van der Waals surface area contributed by atoms with E-state index in [2.05, 4.69) is 5.32 Å². The number of carbonyl (C=O) groups excluding carboxylic acids is 2. The van der Waals surface area contributed by atoms with Crippen molar-refractivity contribution >= 4 is 17.9 Å². The van der Waals surface area contributed by atoms with Crippen molar-refractivity contribution in [2.45, 2.75) is 31.6 Å². The van der Waals surface area contributed by atoms with Crippen LogP contribution in [-0.4, -0.2) is 35.6 Å². The number of rotatable bonds is 5. The van der Waals surface area contributed by atoms with Crippen LogP contribution >= 0.6 is 0 Å². The quantitative estimate of drug-likeness (QED) is 0.484. The molecule has 1 heterocycles. The molecule has 5 nitrogen and oxygen atoms in total. The lowest BCUT2D eigenvalue weighted by Crippen LogP contribution is -2.27. The molecule has 1 saturated heterocycles. The van der Waals surface area contributed by atoms with Gasteiger partial charge in [-0.15, -0.1) is 0 Å². The fourth-order valence-corrected chi connectivity index (χ4v) is 2.03. The summed E-state index contributed by atoms with van der Waals surface area (Å²) >= 11 is 0. The fourth-order valence-electron chi connectivity index (χ4n) is 2.03. The van der Waals surface area contributed by atoms with Crippen molar-refractivity contribution in [2.75, 3.05) is 5.32 Å². The summed E-state index contributed by atoms with van der Waals surface area (Å²) in [6.45, 7) is 1.63. The van der Waals surface area contributed by atoms with E-state index in [9.17, 15) is 14.7 Å². The minimum atomic E-state index is -0.582. The van der Waals surface area contributed by atoms with Gasteiger partial charge in [0.1, 0.15) is 12.4 Å². The number of ether oxygens (including phenoxy) is 1. The number of aliphatic hydroxyl groups is 1. The molecule has 5 heteroatoms. The topological polar surface area (TPSA) is 75.6 Å². The molecule has 0 saturated carbocycles. The highest BCUT2D eigenvalue weighted by molar-refractivity contribution is 5.76. The van der Waals surface area contributed by atoms with Crippen LogP contribution in [-0.2, 0) is 9.53 Å². The van der Waals surface area contributed by atoms with E-state index in [4.69, 9.17) is 4.74 Å². The van der Waals surface area contributed by atoms with Gasteiger partial charge in [-0.3, -0.25) is 9.59 Å². The lowest BCUT2D eigenvalue weighted by Gasteiger charge is -2.17. The molecule has 0 bridgehead atoms. The van der Waals surface area contributed by atoms with Crippen molar-refractivity contribution in [3.63, 3.8) is 0 Å². The van der Waals surface area contributed by atoms with Crippen molar-refractivity contribution in [3.05, 3.63) is 42.0 Å². The molecule has 0 radical (unpaired) electrons. The molecule has 1 aromatic carbocycles. The molecular formula is C15H17NO4. The fraction of sp³-hybridized carbons (Fsp3) is 0.333. The lowest BCUT2D eigenvalue weighted by atomic mass is 10.1. The number of aliphatic hydroxyl groups excluding tert-OH is 1. The number of aldehydes is 1. The van der Waals surface area contributed by atoms with Gasteiger partial charge in [-0.2, -0.15) is 0 Å². The van der Waals surface area contributed by atoms with Crippen LogP contribution in [0.2, 0.25) is 0 Å². The van der Waals surface area contributed by atoms with Crippen molar-refractivity contribution in [1.82, 2.24) is 0 Å². The first-order valence-corrected chi connectivity index (χ1v) is 6.46. The Hall–Kier alpha value is -2.14. The molecule has 106 valence electrons. The van der Waals surface area contributed by atoms with Gasteiger partial charge >= 0.3 is 5.97 Å². The third-order valence-corrected chi connectivity index (χ3v) is 3.03. The molecule has 0 aromatic heterocycles. The Morgan fingerprint density at radius 2 is 2.10 bits per heavy atom. The molecule has 0 amide bonds. The summed E-state index contributed by atoms with van der Waals surface area (Å²) in [6.07, 6.45) is 3.34. The summed E-state index contributed by atoms with van der Waals surface area (Å²) in [5.41, 5.74) is 1.41. The van der Waals surface area contributed by atoms with Crippen LogP contribution in [0.4, 0.5) is 5.69 Å². The summed E-state index contributed by atoms with van der Waals surface area (Å²) in [6, 6.07) is 6.78. The normalized spacial score (nSPS) is 23.6. The highest BCUT2D eigenvalue weighted by Gasteiger charge is 2.32. The SMILES string of the molecule is C[C@H](O)C=C[C@@H]1OC(=O)C[C@H]1Nc1ccc(C=O)cc1. The predicted octanol–water partition coefficient (Wildman–Crippen LogP) is 1.53. The van der Waals surface area contributed by atoms with E-state index in [1.807, 2.05) is 0 Å². The summed E-state index contributed by atoms with van der Waals surface area (Å²) in [7, 11) is 0. The molecule has 0 spiro atoms. The van der Waals surface area contributed by atoms with Crippen LogP contribution < -0.4 is 5.32 Å². The summed E-state index contributed by atoms with van der Waals surface area (Å²) < 4.78 is 5.19. The monoisotopic (exact) mass is 275 g/mol. The molecule has 1 aliphatic heterocycles. The third kappa shape index (κ3) is 3.68. The third-order valence-electron chi connectivity index (χ3n) is 3.03. The van der Waals surface area contributed by atoms with Crippen LogP contribution in [0.1, 0.15) is 23.7 Å². The predicted molar refractivity (Wildman–Crippen MR) is 74.6 cm³/mol. The van der Waals surface area contributed by atoms with E-state index in [1.165, 1.54) is 0 Å². The van der Waals surface area contributed by atoms with Crippen molar-refractivity contribution in [3.8, 4) is 0 Å². The van der Waals surface area contributed by atoms with Gasteiger partial charge in [-0.05, 0) is 37.3 Å². The maximum absolute atomic E-state index is 11.4. The van der Waals surface area contributed by atoms with Crippen molar-refractivity contribution < 1.29 is 19.4 Å². The molecule has 0 unspecified atom stereocenters. The van der Waals surface area contributed by atoms with Crippen molar-refractivity contribution in [1.29, 1.82) is 0 Å². The average molecular weight is 275 g/mol. The zero-order valence-electron chi connectivity index (χ0n) is 11.2. The van der Waals surface area contributed by atoms with Crippen LogP contribution in [0.3, 0.4) is 0 Å². The zero-order valence-corrected chi connectivity index (χ0v) is 11.2. The first-order valence-electron chi connectivity index (χ1n) is 6.46. The molecule has 1 aliphatic rings. The Morgan fingerprint density at radius 1 is 1.40 bits per heavy atom. The number of hydrogen-bond acceptors (Lipinski definition) is 5. The van der Waals surface area contributed by atoms with Crippen LogP contribution in [0, 0.1) is 0 Å². The van der Waals surface area contributed by atoms with Crippen LogP contribution in [0.25, 0.3) is 0 Å². The molecule has 2 N–H and O–H groups in total. The van der Waals surface area contributed by atoms with Gasteiger partial charge in [0.05, 0.1) is 18.6 Å². The van der Waals surface area contributed by atoms with Crippen LogP contribution in [0.5, 0.6) is 0 Å². The van der Waals surface area contributed by atoms with E-state index in [0.717, 1.165) is 12.0 Å². The van der Waals surface area contributed by atoms with E-state index in [0.29, 0.717) is 5.56 Å². The van der Waals surface area contributed by atoms with Gasteiger partial charge in [-0.1, -0.05) is 6.08 Å². The van der Waals surface area contributed by atoms with Crippen LogP contribution in [0.15, 0.2) is 36.4 Å². The minimum absolute atomic E-state index is 0.181. The average Bonchev–Trinajstić information content (AvgIpc) is 2.77. The number of benzene rings is 1. The van der Waals surface area contributed by atoms with E-state index < -0.39 is 12.2 Å². The Morgan fingerprint density at radius 3 is 2.70 bits per heavy atom. The van der Waals surface area contributed by atoms with Gasteiger partial charge < -0.3 is 15.2 Å². The summed E-state index contributed by atoms with van der Waals surface area (Å²) in [4.78, 5) is 22.0. The van der Waals surface area contributed by atoms with E-state index in [-0.39, 0.29) is 18.4 Å². The molecule has 0 aliphatic carbocycles. The molecule has 3 atom stereocenters. The van der Waals surface area contributed by atoms with E-state index in [1.54, 1.807) is 43.3 Å². The van der Waals surface area contributed by atoms with Gasteiger partial charge in [0, 0.05) is 11.3 Å². The Balaban J connectivity index is 2.05. The van der Waals surface area contributed by atoms with Gasteiger partial charge in [0.2, 0.25) is 0 Å². The number of carbonyl (C=O) groups is 2. The first kappa shape index (κ1) is 14.3. The van der Waals surface area contributed by atoms with Gasteiger partial charge in [-0.25, -0.2) is 0 Å². The maximum atomic E-state index is 11.4. The highest BCUT2D eigenvalue weighted by atomic mass is 16.6. The number of nitrogens with one attached hydrogen (secondary N) is 1.